The lowest BCUT2D eigenvalue weighted by atomic mass is 9.93. The number of likely N-dealkylation sites (tertiary alicyclic amines) is 1. The number of benzene rings is 1. The number of aromatic amines is 1. The maximum absolute atomic E-state index is 12.8. The third-order valence-corrected chi connectivity index (χ3v) is 5.57. The summed E-state index contributed by atoms with van der Waals surface area (Å²) < 4.78 is 5.90. The first-order valence-electron chi connectivity index (χ1n) is 9.70. The predicted molar refractivity (Wildman–Crippen MR) is 106 cm³/mol. The molecule has 2 aromatic heterocycles. The van der Waals surface area contributed by atoms with Crippen molar-refractivity contribution in [2.24, 2.45) is 0 Å². The Kier molecular flexibility index (Phi) is 4.98. The normalized spacial score (nSPS) is 16.3. The van der Waals surface area contributed by atoms with E-state index >= 15 is 0 Å². The highest BCUT2D eigenvalue weighted by atomic mass is 16.5. The van der Waals surface area contributed by atoms with Gasteiger partial charge in [0.15, 0.2) is 11.8 Å². The highest BCUT2D eigenvalue weighted by Gasteiger charge is 2.29. The Morgan fingerprint density at radius 1 is 1.18 bits per heavy atom. The number of aromatic nitrogens is 4. The molecule has 146 valence electrons. The van der Waals surface area contributed by atoms with Crippen molar-refractivity contribution >= 4 is 17.1 Å². The van der Waals surface area contributed by atoms with Crippen molar-refractivity contribution in [3.63, 3.8) is 0 Å². The molecule has 3 heterocycles. The van der Waals surface area contributed by atoms with E-state index in [4.69, 9.17) is 4.74 Å². The quantitative estimate of drug-likeness (QED) is 0.753. The monoisotopic (exact) mass is 379 g/mol. The largest absolute Gasteiger partial charge is 0.481 e. The lowest BCUT2D eigenvalue weighted by Crippen LogP contribution is -2.44. The zero-order valence-electron chi connectivity index (χ0n) is 16.5. The van der Waals surface area contributed by atoms with Gasteiger partial charge in [0.2, 0.25) is 0 Å². The van der Waals surface area contributed by atoms with E-state index < -0.39 is 6.10 Å². The number of hydrogen-bond acceptors (Lipinski definition) is 5. The molecular formula is C21H25N5O2. The van der Waals surface area contributed by atoms with Gasteiger partial charge in [-0.25, -0.2) is 9.97 Å². The van der Waals surface area contributed by atoms with Crippen LogP contribution in [0.4, 0.5) is 0 Å². The van der Waals surface area contributed by atoms with Gasteiger partial charge in [0.1, 0.15) is 11.3 Å². The maximum atomic E-state index is 12.8. The van der Waals surface area contributed by atoms with Crippen molar-refractivity contribution in [2.75, 3.05) is 13.1 Å². The number of amides is 1. The molecule has 1 fully saturated rings. The molecule has 0 spiro atoms. The Labute approximate surface area is 164 Å². The van der Waals surface area contributed by atoms with Crippen LogP contribution in [0, 0.1) is 13.8 Å². The fourth-order valence-corrected chi connectivity index (χ4v) is 3.74. The van der Waals surface area contributed by atoms with Crippen molar-refractivity contribution in [1.29, 1.82) is 0 Å². The van der Waals surface area contributed by atoms with Crippen LogP contribution in [0.25, 0.3) is 11.2 Å². The molecule has 1 amide bonds. The van der Waals surface area contributed by atoms with E-state index in [0.717, 1.165) is 35.4 Å². The van der Waals surface area contributed by atoms with Gasteiger partial charge in [-0.05, 0) is 56.9 Å². The summed E-state index contributed by atoms with van der Waals surface area (Å²) in [6.45, 7) is 7.33. The fraction of sp³-hybridized carbons (Fsp3) is 0.429. The molecule has 0 aliphatic carbocycles. The topological polar surface area (TPSA) is 84.0 Å². The van der Waals surface area contributed by atoms with Crippen LogP contribution in [0.5, 0.6) is 5.75 Å². The number of rotatable bonds is 4. The Bertz CT molecular complexity index is 991. The van der Waals surface area contributed by atoms with E-state index in [9.17, 15) is 4.79 Å². The van der Waals surface area contributed by atoms with Gasteiger partial charge >= 0.3 is 0 Å². The second-order valence-corrected chi connectivity index (χ2v) is 7.47. The summed E-state index contributed by atoms with van der Waals surface area (Å²) in [6.07, 6.45) is 4.57. The van der Waals surface area contributed by atoms with Gasteiger partial charge in [0, 0.05) is 31.4 Å². The molecule has 1 saturated heterocycles. The molecule has 0 unspecified atom stereocenters. The standard InChI is InChI=1S/C21H25N5O2/c1-13-4-5-17(12-14(13)2)28-15(3)21(27)26-10-6-16(7-11-26)18-19-20(25-24-18)23-9-8-22-19/h4-5,8-9,12,15-16H,6-7,10-11H2,1-3H3,(H,23,24,25)/t15-/m0/s1. The Hall–Kier alpha value is -2.96. The Morgan fingerprint density at radius 3 is 2.68 bits per heavy atom. The number of piperidine rings is 1. The molecule has 1 aliphatic heterocycles. The summed E-state index contributed by atoms with van der Waals surface area (Å²) in [7, 11) is 0. The van der Waals surface area contributed by atoms with Gasteiger partial charge in [0.25, 0.3) is 5.91 Å². The Morgan fingerprint density at radius 2 is 1.93 bits per heavy atom. The van der Waals surface area contributed by atoms with Crippen LogP contribution in [0.1, 0.15) is 42.5 Å². The van der Waals surface area contributed by atoms with Crippen molar-refractivity contribution in [1.82, 2.24) is 25.1 Å². The lowest BCUT2D eigenvalue weighted by molar-refractivity contribution is -0.139. The molecular weight excluding hydrogens is 354 g/mol. The molecule has 1 aromatic carbocycles. The number of carbonyl (C=O) groups is 1. The van der Waals surface area contributed by atoms with Crippen LogP contribution in [-0.4, -0.2) is 50.2 Å². The van der Waals surface area contributed by atoms with Crippen LogP contribution in [-0.2, 0) is 4.79 Å². The van der Waals surface area contributed by atoms with Crippen molar-refractivity contribution in [3.8, 4) is 5.75 Å². The fourth-order valence-electron chi connectivity index (χ4n) is 3.74. The number of fused-ring (bicyclic) bond motifs is 1. The van der Waals surface area contributed by atoms with Gasteiger partial charge in [-0.2, -0.15) is 5.10 Å². The van der Waals surface area contributed by atoms with Crippen molar-refractivity contribution in [3.05, 3.63) is 47.4 Å². The average Bonchev–Trinajstić information content (AvgIpc) is 3.14. The zero-order valence-corrected chi connectivity index (χ0v) is 16.5. The maximum Gasteiger partial charge on any atom is 0.263 e. The van der Waals surface area contributed by atoms with Crippen molar-refractivity contribution < 1.29 is 9.53 Å². The smallest absolute Gasteiger partial charge is 0.263 e. The Balaban J connectivity index is 1.37. The molecule has 28 heavy (non-hydrogen) atoms. The summed E-state index contributed by atoms with van der Waals surface area (Å²) in [5, 5.41) is 7.33. The molecule has 0 radical (unpaired) electrons. The third kappa shape index (κ3) is 3.56. The van der Waals surface area contributed by atoms with E-state index in [-0.39, 0.29) is 5.91 Å². The SMILES string of the molecule is Cc1ccc(O[C@@H](C)C(=O)N2CCC(c3[nH]nc4nccnc34)CC2)cc1C. The molecule has 0 bridgehead atoms. The first-order valence-corrected chi connectivity index (χ1v) is 9.70. The molecule has 1 atom stereocenters. The van der Waals surface area contributed by atoms with Crippen LogP contribution in [0.15, 0.2) is 30.6 Å². The number of ether oxygens (including phenoxy) is 1. The minimum Gasteiger partial charge on any atom is -0.481 e. The molecule has 7 nitrogen and oxygen atoms in total. The van der Waals surface area contributed by atoms with Gasteiger partial charge in [0.05, 0.1) is 5.69 Å². The summed E-state index contributed by atoms with van der Waals surface area (Å²) >= 11 is 0. The minimum atomic E-state index is -0.502. The van der Waals surface area contributed by atoms with Gasteiger partial charge < -0.3 is 9.64 Å². The number of H-pyrrole nitrogens is 1. The van der Waals surface area contributed by atoms with Crippen LogP contribution >= 0.6 is 0 Å². The van der Waals surface area contributed by atoms with Crippen LogP contribution in [0.2, 0.25) is 0 Å². The lowest BCUT2D eigenvalue weighted by Gasteiger charge is -2.33. The first kappa shape index (κ1) is 18.4. The summed E-state index contributed by atoms with van der Waals surface area (Å²) in [5.41, 5.74) is 4.87. The molecule has 0 saturated carbocycles. The second-order valence-electron chi connectivity index (χ2n) is 7.47. The molecule has 1 aliphatic rings. The van der Waals surface area contributed by atoms with E-state index in [1.807, 2.05) is 36.9 Å². The second kappa shape index (κ2) is 7.58. The number of nitrogens with zero attached hydrogens (tertiary/aromatic N) is 4. The molecule has 7 heteroatoms. The van der Waals surface area contributed by atoms with Crippen LogP contribution in [0.3, 0.4) is 0 Å². The summed E-state index contributed by atoms with van der Waals surface area (Å²) in [4.78, 5) is 23.3. The van der Waals surface area contributed by atoms with Crippen LogP contribution < -0.4 is 4.74 Å². The zero-order chi connectivity index (χ0) is 19.7. The highest BCUT2D eigenvalue weighted by Crippen LogP contribution is 2.30. The van der Waals surface area contributed by atoms with Gasteiger partial charge in [-0.3, -0.25) is 9.89 Å². The molecule has 4 rings (SSSR count). The number of nitrogens with one attached hydrogen (secondary N) is 1. The van der Waals surface area contributed by atoms with Gasteiger partial charge in [-0.1, -0.05) is 6.07 Å². The van der Waals surface area contributed by atoms with E-state index in [1.54, 1.807) is 12.4 Å². The number of aryl methyl sites for hydroxylation is 2. The van der Waals surface area contributed by atoms with E-state index in [2.05, 4.69) is 27.1 Å². The summed E-state index contributed by atoms with van der Waals surface area (Å²) in [5.74, 6) is 1.08. The van der Waals surface area contributed by atoms with E-state index in [1.165, 1.54) is 5.56 Å². The molecule has 1 N–H and O–H groups in total. The minimum absolute atomic E-state index is 0.0333. The number of hydrogen-bond donors (Lipinski definition) is 1. The summed E-state index contributed by atoms with van der Waals surface area (Å²) in [6, 6.07) is 5.92. The van der Waals surface area contributed by atoms with E-state index in [0.29, 0.717) is 24.7 Å². The first-order chi connectivity index (χ1) is 13.5. The number of carbonyl (C=O) groups excluding carboxylic acids is 1. The highest BCUT2D eigenvalue weighted by molar-refractivity contribution is 5.81. The van der Waals surface area contributed by atoms with Gasteiger partial charge in [-0.15, -0.1) is 0 Å². The van der Waals surface area contributed by atoms with Crippen molar-refractivity contribution in [2.45, 2.75) is 45.6 Å². The average molecular weight is 379 g/mol. The predicted octanol–water partition coefficient (Wildman–Crippen LogP) is 3.14. The molecule has 3 aromatic rings. The third-order valence-electron chi connectivity index (χ3n) is 5.57.